The molecule has 1 N–H and O–H groups in total. The first-order valence-corrected chi connectivity index (χ1v) is 4.21. The lowest BCUT2D eigenvalue weighted by molar-refractivity contribution is 0.0899. The maximum atomic E-state index is 13.0. The number of Topliss-reactive ketones (excluding diaryl/α,β-unsaturated/α-hetero) is 1. The molecule has 2 rings (SSSR count). The molecule has 1 aromatic rings. The van der Waals surface area contributed by atoms with E-state index in [0.717, 1.165) is 0 Å². The average molecular weight is 196 g/mol. The number of ether oxygens (including phenoxy) is 1. The summed E-state index contributed by atoms with van der Waals surface area (Å²) in [6.45, 7) is 0. The van der Waals surface area contributed by atoms with E-state index in [9.17, 15) is 14.3 Å². The van der Waals surface area contributed by atoms with Crippen molar-refractivity contribution in [3.05, 3.63) is 23.3 Å². The summed E-state index contributed by atoms with van der Waals surface area (Å²) < 4.78 is 17.8. The first-order chi connectivity index (χ1) is 6.63. The summed E-state index contributed by atoms with van der Waals surface area (Å²) in [6.07, 6.45) is -1.43. The van der Waals surface area contributed by atoms with Crippen molar-refractivity contribution in [3.63, 3.8) is 0 Å². The Morgan fingerprint density at radius 2 is 2.29 bits per heavy atom. The second-order valence-corrected chi connectivity index (χ2v) is 3.22. The minimum Gasteiger partial charge on any atom is -0.504 e. The van der Waals surface area contributed by atoms with E-state index >= 15 is 0 Å². The van der Waals surface area contributed by atoms with E-state index in [2.05, 4.69) is 0 Å². The molecule has 14 heavy (non-hydrogen) atoms. The fourth-order valence-electron chi connectivity index (χ4n) is 1.63. The fraction of sp³-hybridized carbons (Fsp3) is 0.300. The quantitative estimate of drug-likeness (QED) is 0.739. The standard InChI is InChI=1S/C10H9FO3/c1-14-9-4-6-5(3-8(9)12)2-7(11)10(6)13/h3-4,7,12H,2H2,1H3. The van der Waals surface area contributed by atoms with Crippen molar-refractivity contribution < 1.29 is 19.0 Å². The Balaban J connectivity index is 2.55. The van der Waals surface area contributed by atoms with Gasteiger partial charge in [-0.1, -0.05) is 0 Å². The van der Waals surface area contributed by atoms with Crippen LogP contribution in [0.3, 0.4) is 0 Å². The van der Waals surface area contributed by atoms with E-state index in [1.165, 1.54) is 19.2 Å². The van der Waals surface area contributed by atoms with Crippen LogP contribution in [0, 0.1) is 0 Å². The van der Waals surface area contributed by atoms with Crippen LogP contribution in [-0.4, -0.2) is 24.2 Å². The molecule has 0 radical (unpaired) electrons. The zero-order valence-electron chi connectivity index (χ0n) is 7.58. The number of aromatic hydroxyl groups is 1. The zero-order valence-corrected chi connectivity index (χ0v) is 7.58. The molecule has 1 aliphatic carbocycles. The van der Waals surface area contributed by atoms with Gasteiger partial charge in [0.1, 0.15) is 0 Å². The fourth-order valence-corrected chi connectivity index (χ4v) is 1.63. The lowest BCUT2D eigenvalue weighted by Crippen LogP contribution is -2.08. The number of phenolic OH excluding ortho intramolecular Hbond substituents is 1. The van der Waals surface area contributed by atoms with E-state index in [4.69, 9.17) is 4.74 Å². The number of alkyl halides is 1. The van der Waals surface area contributed by atoms with Crippen molar-refractivity contribution in [1.82, 2.24) is 0 Å². The van der Waals surface area contributed by atoms with E-state index < -0.39 is 12.0 Å². The number of halogens is 1. The number of hydrogen-bond donors (Lipinski definition) is 1. The molecule has 0 fully saturated rings. The highest BCUT2D eigenvalue weighted by atomic mass is 19.1. The number of benzene rings is 1. The lowest BCUT2D eigenvalue weighted by Gasteiger charge is -2.04. The minimum absolute atomic E-state index is 0.0473. The van der Waals surface area contributed by atoms with Gasteiger partial charge in [-0.15, -0.1) is 0 Å². The SMILES string of the molecule is COc1cc2c(cc1O)CC(F)C2=O. The van der Waals surface area contributed by atoms with Crippen LogP contribution in [0.25, 0.3) is 0 Å². The van der Waals surface area contributed by atoms with E-state index in [1.54, 1.807) is 0 Å². The Labute approximate surface area is 80.1 Å². The third-order valence-corrected chi connectivity index (χ3v) is 2.35. The summed E-state index contributed by atoms with van der Waals surface area (Å²) in [6, 6.07) is 2.76. The Morgan fingerprint density at radius 1 is 1.57 bits per heavy atom. The highest BCUT2D eigenvalue weighted by Crippen LogP contribution is 2.34. The average Bonchev–Trinajstić information content (AvgIpc) is 2.41. The molecule has 1 aromatic carbocycles. The molecule has 0 spiro atoms. The molecular formula is C10H9FO3. The summed E-state index contributed by atoms with van der Waals surface area (Å²) in [5.74, 6) is -0.391. The lowest BCUT2D eigenvalue weighted by atomic mass is 10.1. The predicted molar refractivity (Wildman–Crippen MR) is 47.6 cm³/mol. The molecule has 0 aromatic heterocycles. The number of ketones is 1. The molecule has 0 heterocycles. The van der Waals surface area contributed by atoms with Crippen LogP contribution in [0.4, 0.5) is 4.39 Å². The van der Waals surface area contributed by atoms with Crippen LogP contribution >= 0.6 is 0 Å². The summed E-state index contributed by atoms with van der Waals surface area (Å²) in [4.78, 5) is 11.3. The van der Waals surface area contributed by atoms with Gasteiger partial charge in [-0.3, -0.25) is 4.79 Å². The maximum Gasteiger partial charge on any atom is 0.197 e. The van der Waals surface area contributed by atoms with Gasteiger partial charge in [-0.05, 0) is 17.7 Å². The number of hydrogen-bond acceptors (Lipinski definition) is 3. The molecule has 1 aliphatic rings. The Morgan fingerprint density at radius 3 is 2.93 bits per heavy atom. The molecule has 1 unspecified atom stereocenters. The summed E-state index contributed by atoms with van der Waals surface area (Å²) in [5.41, 5.74) is 0.855. The zero-order chi connectivity index (χ0) is 10.3. The topological polar surface area (TPSA) is 46.5 Å². The highest BCUT2D eigenvalue weighted by Gasteiger charge is 2.31. The van der Waals surface area contributed by atoms with Crippen molar-refractivity contribution in [3.8, 4) is 11.5 Å². The monoisotopic (exact) mass is 196 g/mol. The van der Waals surface area contributed by atoms with Gasteiger partial charge in [0.25, 0.3) is 0 Å². The second-order valence-electron chi connectivity index (χ2n) is 3.22. The Hall–Kier alpha value is -1.58. The molecule has 0 saturated heterocycles. The third kappa shape index (κ3) is 1.14. The van der Waals surface area contributed by atoms with Crippen LogP contribution in [-0.2, 0) is 6.42 Å². The van der Waals surface area contributed by atoms with Gasteiger partial charge in [0.2, 0.25) is 0 Å². The van der Waals surface area contributed by atoms with Crippen molar-refractivity contribution in [2.24, 2.45) is 0 Å². The highest BCUT2D eigenvalue weighted by molar-refractivity contribution is 6.04. The van der Waals surface area contributed by atoms with Crippen molar-refractivity contribution in [2.45, 2.75) is 12.6 Å². The van der Waals surface area contributed by atoms with Crippen LogP contribution in [0.1, 0.15) is 15.9 Å². The molecule has 74 valence electrons. The first kappa shape index (κ1) is 8.99. The van der Waals surface area contributed by atoms with Crippen LogP contribution < -0.4 is 4.74 Å². The first-order valence-electron chi connectivity index (χ1n) is 4.21. The van der Waals surface area contributed by atoms with Crippen LogP contribution in [0.15, 0.2) is 12.1 Å². The normalized spacial score (nSPS) is 19.6. The molecule has 4 heteroatoms. The molecular weight excluding hydrogens is 187 g/mol. The van der Waals surface area contributed by atoms with E-state index in [1.807, 2.05) is 0 Å². The van der Waals surface area contributed by atoms with Crippen molar-refractivity contribution in [2.75, 3.05) is 7.11 Å². The number of carbonyl (C=O) groups is 1. The number of fused-ring (bicyclic) bond motifs is 1. The van der Waals surface area contributed by atoms with Crippen molar-refractivity contribution >= 4 is 5.78 Å². The maximum absolute atomic E-state index is 13.0. The van der Waals surface area contributed by atoms with Gasteiger partial charge in [0, 0.05) is 12.0 Å². The van der Waals surface area contributed by atoms with E-state index in [0.29, 0.717) is 11.1 Å². The van der Waals surface area contributed by atoms with Gasteiger partial charge < -0.3 is 9.84 Å². The van der Waals surface area contributed by atoms with Gasteiger partial charge in [-0.2, -0.15) is 0 Å². The van der Waals surface area contributed by atoms with E-state index in [-0.39, 0.29) is 17.9 Å². The minimum atomic E-state index is -1.48. The number of carbonyl (C=O) groups excluding carboxylic acids is 1. The smallest absolute Gasteiger partial charge is 0.197 e. The van der Waals surface area contributed by atoms with Crippen LogP contribution in [0.2, 0.25) is 0 Å². The predicted octanol–water partition coefficient (Wildman–Crippen LogP) is 1.48. The van der Waals surface area contributed by atoms with Gasteiger partial charge in [-0.25, -0.2) is 4.39 Å². The molecule has 0 amide bonds. The van der Waals surface area contributed by atoms with Gasteiger partial charge in [0.05, 0.1) is 7.11 Å². The second kappa shape index (κ2) is 2.97. The van der Waals surface area contributed by atoms with Gasteiger partial charge in [0.15, 0.2) is 23.5 Å². The number of rotatable bonds is 1. The molecule has 0 saturated carbocycles. The number of methoxy groups -OCH3 is 1. The molecule has 1 atom stereocenters. The van der Waals surface area contributed by atoms with Crippen molar-refractivity contribution in [1.29, 1.82) is 0 Å². The number of phenols is 1. The third-order valence-electron chi connectivity index (χ3n) is 2.35. The summed E-state index contributed by atoms with van der Waals surface area (Å²) >= 11 is 0. The molecule has 0 bridgehead atoms. The Kier molecular flexibility index (Phi) is 1.91. The molecule has 3 nitrogen and oxygen atoms in total. The summed E-state index contributed by atoms with van der Waals surface area (Å²) in [7, 11) is 1.38. The van der Waals surface area contributed by atoms with Crippen LogP contribution in [0.5, 0.6) is 11.5 Å². The Bertz CT molecular complexity index is 401. The summed E-state index contributed by atoms with van der Waals surface area (Å²) in [5, 5.41) is 9.39. The largest absolute Gasteiger partial charge is 0.504 e. The molecule has 0 aliphatic heterocycles. The van der Waals surface area contributed by atoms with Gasteiger partial charge >= 0.3 is 0 Å².